The molecular weight excluding hydrogens is 314 g/mol. The van der Waals surface area contributed by atoms with Crippen molar-refractivity contribution >= 4 is 16.9 Å². The zero-order valence-electron chi connectivity index (χ0n) is 15.0. The van der Waals surface area contributed by atoms with Crippen LogP contribution in [0.5, 0.6) is 0 Å². The third kappa shape index (κ3) is 6.72. The number of carbonyl (C=O) groups is 1. The smallest absolute Gasteiger partial charge is 0.408 e. The van der Waals surface area contributed by atoms with Crippen molar-refractivity contribution in [3.05, 3.63) is 18.2 Å². The molecule has 23 heavy (non-hydrogen) atoms. The summed E-state index contributed by atoms with van der Waals surface area (Å²) >= 11 is 0. The van der Waals surface area contributed by atoms with Gasteiger partial charge in [-0.05, 0) is 33.6 Å². The van der Waals surface area contributed by atoms with Crippen LogP contribution in [0.2, 0.25) is 0 Å². The van der Waals surface area contributed by atoms with Crippen LogP contribution < -0.4 is 5.32 Å². The number of nitrogens with zero attached hydrogens (tertiary/aromatic N) is 2. The fraction of sp³-hybridized carbons (Fsp3) is 0.750. The van der Waals surface area contributed by atoms with Gasteiger partial charge in [0.25, 0.3) is 0 Å². The minimum Gasteiger partial charge on any atom is -0.444 e. The second-order valence-electron chi connectivity index (χ2n) is 6.72. The number of imidazole rings is 1. The molecule has 2 unspecified atom stereocenters. The van der Waals surface area contributed by atoms with Crippen molar-refractivity contribution in [1.29, 1.82) is 0 Å². The molecular formula is C16H29N3O3S. The molecule has 6 nitrogen and oxygen atoms in total. The van der Waals surface area contributed by atoms with Crippen LogP contribution in [-0.4, -0.2) is 37.0 Å². The summed E-state index contributed by atoms with van der Waals surface area (Å²) in [6, 6.07) is -0.158. The average Bonchev–Trinajstić information content (AvgIpc) is 2.88. The Balaban J connectivity index is 2.74. The second kappa shape index (κ2) is 8.47. The van der Waals surface area contributed by atoms with Gasteiger partial charge in [0.05, 0.1) is 24.3 Å². The molecule has 0 aliphatic heterocycles. The lowest BCUT2D eigenvalue weighted by molar-refractivity contribution is 0.0500. The fourth-order valence-corrected chi connectivity index (χ4v) is 2.57. The Morgan fingerprint density at radius 2 is 2.13 bits per heavy atom. The molecule has 0 aliphatic rings. The van der Waals surface area contributed by atoms with Gasteiger partial charge in [-0.2, -0.15) is 0 Å². The van der Waals surface area contributed by atoms with Gasteiger partial charge in [-0.25, -0.2) is 9.78 Å². The SMILES string of the molecule is CC[C@@H](NC(=O)OC(C)(C)C)c1cncn1CCC(C)S(C)=O. The van der Waals surface area contributed by atoms with Gasteiger partial charge < -0.3 is 14.6 Å². The minimum atomic E-state index is -0.835. The molecule has 1 aromatic rings. The van der Waals surface area contributed by atoms with Crippen LogP contribution in [0.3, 0.4) is 0 Å². The van der Waals surface area contributed by atoms with Gasteiger partial charge in [-0.3, -0.25) is 4.21 Å². The van der Waals surface area contributed by atoms with Crippen LogP contribution in [0.25, 0.3) is 0 Å². The third-order valence-electron chi connectivity index (χ3n) is 3.54. The summed E-state index contributed by atoms with van der Waals surface area (Å²) in [6.07, 6.45) is 6.34. The van der Waals surface area contributed by atoms with Crippen molar-refractivity contribution < 1.29 is 13.7 Å². The van der Waals surface area contributed by atoms with E-state index >= 15 is 0 Å². The van der Waals surface area contributed by atoms with E-state index in [9.17, 15) is 9.00 Å². The molecule has 1 rings (SSSR count). The number of hydrogen-bond donors (Lipinski definition) is 1. The van der Waals surface area contributed by atoms with E-state index in [1.54, 1.807) is 18.8 Å². The van der Waals surface area contributed by atoms with Crippen molar-refractivity contribution in [3.63, 3.8) is 0 Å². The van der Waals surface area contributed by atoms with Crippen molar-refractivity contribution in [2.45, 2.75) is 70.9 Å². The molecule has 0 aliphatic carbocycles. The van der Waals surface area contributed by atoms with Crippen molar-refractivity contribution in [2.24, 2.45) is 0 Å². The molecule has 1 heterocycles. The number of rotatable bonds is 7. The number of amides is 1. The molecule has 0 fully saturated rings. The van der Waals surface area contributed by atoms with E-state index in [0.717, 1.165) is 25.1 Å². The maximum absolute atomic E-state index is 12.0. The number of hydrogen-bond acceptors (Lipinski definition) is 4. The lowest BCUT2D eigenvalue weighted by Crippen LogP contribution is -2.35. The van der Waals surface area contributed by atoms with Gasteiger partial charge in [0.15, 0.2) is 0 Å². The molecule has 0 spiro atoms. The summed E-state index contributed by atoms with van der Waals surface area (Å²) in [6.45, 7) is 10.2. The number of aryl methyl sites for hydroxylation is 1. The van der Waals surface area contributed by atoms with Gasteiger partial charge in [0, 0.05) is 28.9 Å². The highest BCUT2D eigenvalue weighted by Crippen LogP contribution is 2.18. The monoisotopic (exact) mass is 343 g/mol. The Bertz CT molecular complexity index is 537. The van der Waals surface area contributed by atoms with Crippen LogP contribution >= 0.6 is 0 Å². The third-order valence-corrected chi connectivity index (χ3v) is 4.91. The van der Waals surface area contributed by atoms with Crippen LogP contribution in [0.1, 0.15) is 59.2 Å². The van der Waals surface area contributed by atoms with Crippen molar-refractivity contribution in [2.75, 3.05) is 6.26 Å². The van der Waals surface area contributed by atoms with Gasteiger partial charge in [-0.15, -0.1) is 0 Å². The summed E-state index contributed by atoms with van der Waals surface area (Å²) in [5.74, 6) is 0. The first-order chi connectivity index (χ1) is 10.6. The van der Waals surface area contributed by atoms with Crippen LogP contribution in [0.15, 0.2) is 12.5 Å². The van der Waals surface area contributed by atoms with E-state index in [1.807, 2.05) is 39.2 Å². The first-order valence-corrected chi connectivity index (χ1v) is 9.58. The molecule has 7 heteroatoms. The van der Waals surface area contributed by atoms with Crippen LogP contribution in [0.4, 0.5) is 4.79 Å². The molecule has 0 aromatic carbocycles. The molecule has 0 bridgehead atoms. The predicted octanol–water partition coefficient (Wildman–Crippen LogP) is 3.02. The number of alkyl carbamates (subject to hydrolysis) is 1. The van der Waals surface area contributed by atoms with Crippen LogP contribution in [-0.2, 0) is 22.1 Å². The molecule has 1 amide bonds. The van der Waals surface area contributed by atoms with Crippen molar-refractivity contribution in [1.82, 2.24) is 14.9 Å². The molecule has 3 atom stereocenters. The van der Waals surface area contributed by atoms with Gasteiger partial charge in [0.2, 0.25) is 0 Å². The Kier molecular flexibility index (Phi) is 7.25. The van der Waals surface area contributed by atoms with E-state index in [2.05, 4.69) is 10.3 Å². The number of ether oxygens (including phenoxy) is 1. The molecule has 0 radical (unpaired) electrons. The van der Waals surface area contributed by atoms with Gasteiger partial charge >= 0.3 is 6.09 Å². The number of carbonyl (C=O) groups excluding carboxylic acids is 1. The minimum absolute atomic E-state index is 0.129. The normalized spacial score (nSPS) is 15.7. The molecule has 0 saturated heterocycles. The first-order valence-electron chi connectivity index (χ1n) is 7.95. The quantitative estimate of drug-likeness (QED) is 0.826. The van der Waals surface area contributed by atoms with E-state index in [-0.39, 0.29) is 11.3 Å². The lowest BCUT2D eigenvalue weighted by Gasteiger charge is -2.24. The van der Waals surface area contributed by atoms with E-state index in [4.69, 9.17) is 4.74 Å². The summed E-state index contributed by atoms with van der Waals surface area (Å²) in [4.78, 5) is 16.2. The summed E-state index contributed by atoms with van der Waals surface area (Å²) in [7, 11) is -0.835. The fourth-order valence-electron chi connectivity index (χ4n) is 2.13. The Morgan fingerprint density at radius 1 is 1.48 bits per heavy atom. The molecule has 1 aromatic heterocycles. The average molecular weight is 343 g/mol. The maximum atomic E-state index is 12.0. The van der Waals surface area contributed by atoms with E-state index in [1.165, 1.54) is 0 Å². The molecule has 132 valence electrons. The van der Waals surface area contributed by atoms with E-state index < -0.39 is 22.5 Å². The lowest BCUT2D eigenvalue weighted by atomic mass is 10.1. The Labute approximate surface area is 141 Å². The highest BCUT2D eigenvalue weighted by molar-refractivity contribution is 7.84. The van der Waals surface area contributed by atoms with Crippen molar-refractivity contribution in [3.8, 4) is 0 Å². The van der Waals surface area contributed by atoms with E-state index in [0.29, 0.717) is 0 Å². The van der Waals surface area contributed by atoms with Crippen LogP contribution in [0, 0.1) is 0 Å². The number of aromatic nitrogens is 2. The Hall–Kier alpha value is -1.37. The highest BCUT2D eigenvalue weighted by atomic mass is 32.2. The highest BCUT2D eigenvalue weighted by Gasteiger charge is 2.21. The predicted molar refractivity (Wildman–Crippen MR) is 92.8 cm³/mol. The Morgan fingerprint density at radius 3 is 2.65 bits per heavy atom. The standard InChI is InChI=1S/C16H29N3O3S/c1-7-13(18-15(20)22-16(3,4)5)14-10-17-11-19(14)9-8-12(2)23(6)21/h10-13H,7-9H2,1-6H3,(H,18,20)/t12?,13-,23?/m1/s1. The summed E-state index contributed by atoms with van der Waals surface area (Å²) in [5.41, 5.74) is 0.413. The topological polar surface area (TPSA) is 73.2 Å². The molecule has 1 N–H and O–H groups in total. The number of nitrogens with one attached hydrogen (secondary N) is 1. The zero-order valence-corrected chi connectivity index (χ0v) is 15.8. The second-order valence-corrected chi connectivity index (χ2v) is 8.52. The largest absolute Gasteiger partial charge is 0.444 e. The maximum Gasteiger partial charge on any atom is 0.408 e. The molecule has 0 saturated carbocycles. The zero-order chi connectivity index (χ0) is 17.6. The first kappa shape index (κ1) is 19.7. The van der Waals surface area contributed by atoms with Gasteiger partial charge in [-0.1, -0.05) is 13.8 Å². The summed E-state index contributed by atoms with van der Waals surface area (Å²) in [5, 5.41) is 3.02. The van der Waals surface area contributed by atoms with Gasteiger partial charge in [0.1, 0.15) is 5.60 Å². The summed E-state index contributed by atoms with van der Waals surface area (Å²) < 4.78 is 18.8.